The lowest BCUT2D eigenvalue weighted by Crippen LogP contribution is -2.40. The number of benzene rings is 1. The van der Waals surface area contributed by atoms with E-state index in [4.69, 9.17) is 0 Å². The van der Waals surface area contributed by atoms with Gasteiger partial charge in [-0.05, 0) is 99.1 Å². The molecule has 184 valence electrons. The molecule has 1 aromatic carbocycles. The minimum atomic E-state index is -0.0496. The Kier molecular flexibility index (Phi) is 5.59. The molecule has 4 heteroatoms. The molecule has 34 heavy (non-hydrogen) atoms. The van der Waals surface area contributed by atoms with Gasteiger partial charge in [-0.2, -0.15) is 0 Å². The minimum Gasteiger partial charge on any atom is -0.385 e. The number of carbonyl (C=O) groups excluding carboxylic acids is 1. The monoisotopic (exact) mass is 461 g/mol. The maximum atomic E-state index is 12.6. The zero-order valence-electron chi connectivity index (χ0n) is 21.8. The Morgan fingerprint density at radius 1 is 1.09 bits per heavy atom. The third-order valence-corrected chi connectivity index (χ3v) is 9.84. The molecule has 1 aliphatic carbocycles. The lowest BCUT2D eigenvalue weighted by atomic mass is 9.72. The fourth-order valence-corrected chi connectivity index (χ4v) is 8.01. The van der Waals surface area contributed by atoms with E-state index in [2.05, 4.69) is 54.9 Å². The van der Waals surface area contributed by atoms with Gasteiger partial charge in [0, 0.05) is 42.6 Å². The van der Waals surface area contributed by atoms with E-state index >= 15 is 0 Å². The molecule has 4 aliphatic heterocycles. The summed E-state index contributed by atoms with van der Waals surface area (Å²) in [5, 5.41) is 3.88. The summed E-state index contributed by atoms with van der Waals surface area (Å²) in [6.45, 7) is 13.8. The maximum absolute atomic E-state index is 12.6. The maximum Gasteiger partial charge on any atom is 0.227 e. The number of allylic oxidation sites excluding steroid dienone is 1. The molecule has 0 aromatic heterocycles. The Hall–Kier alpha value is -1.81. The topological polar surface area (TPSA) is 35.6 Å². The fourth-order valence-electron chi connectivity index (χ4n) is 8.01. The number of carbonyl (C=O) groups is 1. The van der Waals surface area contributed by atoms with Gasteiger partial charge in [0.15, 0.2) is 0 Å². The molecule has 0 spiro atoms. The molecule has 1 amide bonds. The number of likely N-dealkylation sites (tertiary alicyclic amines) is 1. The van der Waals surface area contributed by atoms with E-state index < -0.39 is 0 Å². The predicted molar refractivity (Wildman–Crippen MR) is 139 cm³/mol. The van der Waals surface area contributed by atoms with Crippen LogP contribution in [0.15, 0.2) is 23.4 Å². The van der Waals surface area contributed by atoms with E-state index in [1.165, 1.54) is 73.3 Å². The molecule has 2 unspecified atom stereocenters. The number of fused-ring (bicyclic) bond motifs is 1. The van der Waals surface area contributed by atoms with E-state index in [0.29, 0.717) is 18.4 Å². The predicted octanol–water partition coefficient (Wildman–Crippen LogP) is 5.19. The number of rotatable bonds is 4. The van der Waals surface area contributed by atoms with Gasteiger partial charge >= 0.3 is 0 Å². The summed E-state index contributed by atoms with van der Waals surface area (Å²) in [6, 6.07) is 5.55. The van der Waals surface area contributed by atoms with Crippen LogP contribution in [-0.2, 0) is 23.1 Å². The van der Waals surface area contributed by atoms with Gasteiger partial charge in [-0.15, -0.1) is 0 Å². The second-order valence-electron chi connectivity index (χ2n) is 12.7. The first-order chi connectivity index (χ1) is 16.3. The lowest BCUT2D eigenvalue weighted by Gasteiger charge is -2.38. The summed E-state index contributed by atoms with van der Waals surface area (Å²) >= 11 is 0. The van der Waals surface area contributed by atoms with Crippen LogP contribution in [0.5, 0.6) is 0 Å². The third kappa shape index (κ3) is 3.81. The second-order valence-corrected chi connectivity index (χ2v) is 12.7. The van der Waals surface area contributed by atoms with Crippen molar-refractivity contribution in [1.29, 1.82) is 0 Å². The standard InChI is InChI=1S/C30H43N3O/c1-19-5-6-24-26(15-19)31-20(2)28(24)22-8-12-32(13-9-22)11-7-21-16-23-10-14-33-27(34)18-30(3,4)25(17-21)29(23)33/h16-17,19,22,24,26,31H,5-15,18H2,1-4H3/t19?,24?,26-/m1/s1. The SMILES string of the molecule is CC1=C(C2CCN(CCc3cc4c5c(c3)C(C)(C)CC(=O)N5CC4)CC2)C2CCC(C)C[C@H]2N1. The molecular formula is C30H43N3O. The van der Waals surface area contributed by atoms with Crippen molar-refractivity contribution >= 4 is 11.6 Å². The molecule has 6 rings (SSSR count). The van der Waals surface area contributed by atoms with Gasteiger partial charge in [0.25, 0.3) is 0 Å². The third-order valence-electron chi connectivity index (χ3n) is 9.84. The smallest absolute Gasteiger partial charge is 0.227 e. The average Bonchev–Trinajstić information content (AvgIpc) is 3.36. The van der Waals surface area contributed by atoms with Crippen molar-refractivity contribution in [3.05, 3.63) is 40.1 Å². The zero-order valence-corrected chi connectivity index (χ0v) is 21.8. The Labute approximate surface area is 206 Å². The summed E-state index contributed by atoms with van der Waals surface area (Å²) in [4.78, 5) is 17.4. The Morgan fingerprint density at radius 3 is 2.68 bits per heavy atom. The van der Waals surface area contributed by atoms with Crippen LogP contribution < -0.4 is 10.2 Å². The van der Waals surface area contributed by atoms with Crippen molar-refractivity contribution < 1.29 is 4.79 Å². The molecule has 2 fully saturated rings. The van der Waals surface area contributed by atoms with Crippen LogP contribution >= 0.6 is 0 Å². The molecule has 4 nitrogen and oxygen atoms in total. The Bertz CT molecular complexity index is 1020. The highest BCUT2D eigenvalue weighted by atomic mass is 16.2. The van der Waals surface area contributed by atoms with E-state index in [0.717, 1.165) is 43.7 Å². The second kappa shape index (κ2) is 8.40. The highest BCUT2D eigenvalue weighted by molar-refractivity contribution is 6.00. The van der Waals surface area contributed by atoms with Crippen LogP contribution in [0.2, 0.25) is 0 Å². The van der Waals surface area contributed by atoms with Gasteiger partial charge in [-0.3, -0.25) is 4.79 Å². The highest BCUT2D eigenvalue weighted by Gasteiger charge is 2.41. The summed E-state index contributed by atoms with van der Waals surface area (Å²) < 4.78 is 0. The lowest BCUT2D eigenvalue weighted by molar-refractivity contribution is -0.120. The van der Waals surface area contributed by atoms with Crippen LogP contribution in [0.1, 0.15) is 82.9 Å². The largest absolute Gasteiger partial charge is 0.385 e. The molecule has 1 saturated carbocycles. The summed E-state index contributed by atoms with van der Waals surface area (Å²) in [5.74, 6) is 2.79. The summed E-state index contributed by atoms with van der Waals surface area (Å²) in [7, 11) is 0. The zero-order chi connectivity index (χ0) is 23.6. The number of anilines is 1. The van der Waals surface area contributed by atoms with Crippen molar-refractivity contribution in [2.24, 2.45) is 17.8 Å². The quantitative estimate of drug-likeness (QED) is 0.670. The molecule has 0 radical (unpaired) electrons. The van der Waals surface area contributed by atoms with E-state index in [9.17, 15) is 4.79 Å². The molecule has 4 heterocycles. The van der Waals surface area contributed by atoms with Crippen molar-refractivity contribution in [3.8, 4) is 0 Å². The highest BCUT2D eigenvalue weighted by Crippen LogP contribution is 2.46. The van der Waals surface area contributed by atoms with Gasteiger partial charge in [0.1, 0.15) is 0 Å². The Morgan fingerprint density at radius 2 is 1.88 bits per heavy atom. The Balaban J connectivity index is 1.09. The first kappa shape index (κ1) is 22.6. The van der Waals surface area contributed by atoms with Gasteiger partial charge in [-0.25, -0.2) is 0 Å². The fraction of sp³-hybridized carbons (Fsp3) is 0.700. The summed E-state index contributed by atoms with van der Waals surface area (Å²) in [6.07, 6.45) is 9.60. The van der Waals surface area contributed by atoms with Crippen molar-refractivity contribution in [2.75, 3.05) is 31.1 Å². The van der Waals surface area contributed by atoms with Crippen molar-refractivity contribution in [2.45, 2.75) is 90.5 Å². The molecule has 1 saturated heterocycles. The van der Waals surface area contributed by atoms with Crippen LogP contribution in [0.4, 0.5) is 5.69 Å². The number of nitrogens with zero attached hydrogens (tertiary/aromatic N) is 2. The van der Waals surface area contributed by atoms with Gasteiger partial charge in [-0.1, -0.05) is 32.9 Å². The van der Waals surface area contributed by atoms with Gasteiger partial charge < -0.3 is 15.1 Å². The molecular weight excluding hydrogens is 418 g/mol. The molecule has 5 aliphatic rings. The van der Waals surface area contributed by atoms with E-state index in [1.807, 2.05) is 0 Å². The van der Waals surface area contributed by atoms with E-state index in [-0.39, 0.29) is 5.41 Å². The van der Waals surface area contributed by atoms with Crippen LogP contribution in [-0.4, -0.2) is 43.0 Å². The minimum absolute atomic E-state index is 0.0496. The van der Waals surface area contributed by atoms with Crippen LogP contribution in [0.25, 0.3) is 0 Å². The molecule has 1 aromatic rings. The number of amides is 1. The van der Waals surface area contributed by atoms with E-state index in [1.54, 1.807) is 5.57 Å². The number of nitrogens with one attached hydrogen (secondary N) is 1. The van der Waals surface area contributed by atoms with Gasteiger partial charge in [0.2, 0.25) is 5.91 Å². The first-order valence-corrected chi connectivity index (χ1v) is 14.0. The molecule has 1 N–H and O–H groups in total. The molecule has 3 atom stereocenters. The van der Waals surface area contributed by atoms with Gasteiger partial charge in [0.05, 0.1) is 5.69 Å². The van der Waals surface area contributed by atoms with Crippen LogP contribution in [0, 0.1) is 17.8 Å². The number of hydrogen-bond acceptors (Lipinski definition) is 3. The average molecular weight is 462 g/mol. The number of hydrogen-bond donors (Lipinski definition) is 1. The molecule has 0 bridgehead atoms. The number of piperidine rings is 1. The van der Waals surface area contributed by atoms with Crippen molar-refractivity contribution in [3.63, 3.8) is 0 Å². The first-order valence-electron chi connectivity index (χ1n) is 14.0. The summed E-state index contributed by atoms with van der Waals surface area (Å²) in [5.41, 5.74) is 8.79. The normalized spacial score (nSPS) is 31.0. The van der Waals surface area contributed by atoms with Crippen molar-refractivity contribution in [1.82, 2.24) is 10.2 Å². The van der Waals surface area contributed by atoms with Crippen LogP contribution in [0.3, 0.4) is 0 Å².